The molecule has 0 heterocycles. The highest BCUT2D eigenvalue weighted by Crippen LogP contribution is 2.11. The molecule has 0 unspecified atom stereocenters. The first kappa shape index (κ1) is 11.4. The maximum Gasteiger partial charge on any atom is 0.228 e. The lowest BCUT2D eigenvalue weighted by Crippen LogP contribution is -2.33. The number of hydrogen-bond donors (Lipinski definition) is 0. The minimum Gasteiger partial charge on any atom is -0.327 e. The molecule has 0 spiro atoms. The zero-order chi connectivity index (χ0) is 10.8. The number of quaternary nitrogens is 1. The summed E-state index contributed by atoms with van der Waals surface area (Å²) in [7, 11) is 6.43. The summed E-state index contributed by atoms with van der Waals surface area (Å²) in [6.07, 6.45) is 0. The van der Waals surface area contributed by atoms with E-state index in [0.29, 0.717) is 5.56 Å². The van der Waals surface area contributed by atoms with Crippen LogP contribution in [-0.2, 0) is 6.54 Å². The van der Waals surface area contributed by atoms with Crippen molar-refractivity contribution in [3.63, 3.8) is 0 Å². The molecule has 0 aliphatic heterocycles. The second kappa shape index (κ2) is 4.24. The van der Waals surface area contributed by atoms with Crippen molar-refractivity contribution in [2.24, 2.45) is 0 Å². The van der Waals surface area contributed by atoms with Crippen LogP contribution in [0.3, 0.4) is 0 Å². The average molecular weight is 257 g/mol. The molecule has 0 aliphatic carbocycles. The summed E-state index contributed by atoms with van der Waals surface area (Å²) in [5.41, 5.74) is 1.95. The molecule has 0 aliphatic rings. The molecule has 0 saturated heterocycles. The number of benzene rings is 1. The number of nitrogens with zero attached hydrogens (tertiary/aromatic N) is 1. The normalized spacial score (nSPS) is 11.4. The van der Waals surface area contributed by atoms with E-state index in [1.807, 2.05) is 24.3 Å². The van der Waals surface area contributed by atoms with Crippen LogP contribution in [0.1, 0.15) is 15.9 Å². The van der Waals surface area contributed by atoms with E-state index in [1.165, 1.54) is 5.56 Å². The first-order valence-electron chi connectivity index (χ1n) is 4.48. The SMILES string of the molecule is C[N+](C)(C)Cc1ccc(C(=O)Br)cc1. The van der Waals surface area contributed by atoms with Crippen LogP contribution in [-0.4, -0.2) is 30.3 Å². The van der Waals surface area contributed by atoms with Crippen LogP contribution in [0.4, 0.5) is 0 Å². The summed E-state index contributed by atoms with van der Waals surface area (Å²) in [6, 6.07) is 7.69. The van der Waals surface area contributed by atoms with E-state index in [1.54, 1.807) is 0 Å². The molecular weight excluding hydrogens is 242 g/mol. The summed E-state index contributed by atoms with van der Waals surface area (Å²) in [5.74, 6) is 0. The Morgan fingerprint density at radius 3 is 2.07 bits per heavy atom. The van der Waals surface area contributed by atoms with E-state index in [-0.39, 0.29) is 4.69 Å². The van der Waals surface area contributed by atoms with Gasteiger partial charge in [0.1, 0.15) is 6.54 Å². The third-order valence-electron chi connectivity index (χ3n) is 1.84. The zero-order valence-electron chi connectivity index (χ0n) is 8.75. The molecule has 1 aromatic rings. The van der Waals surface area contributed by atoms with Gasteiger partial charge in [0, 0.05) is 11.1 Å². The minimum absolute atomic E-state index is 0.0608. The van der Waals surface area contributed by atoms with Gasteiger partial charge >= 0.3 is 0 Å². The average Bonchev–Trinajstić information content (AvgIpc) is 2.02. The molecule has 0 bridgehead atoms. The molecule has 0 N–H and O–H groups in total. The molecule has 0 amide bonds. The summed E-state index contributed by atoms with van der Waals surface area (Å²) in [6.45, 7) is 0.969. The van der Waals surface area contributed by atoms with Crippen LogP contribution >= 0.6 is 15.9 Å². The van der Waals surface area contributed by atoms with Gasteiger partial charge in [-0.2, -0.15) is 0 Å². The lowest BCUT2D eigenvalue weighted by Gasteiger charge is -2.23. The standard InChI is InChI=1S/C11H15BrNO/c1-13(2,3)8-9-4-6-10(7-5-9)11(12)14/h4-7H,8H2,1-3H3/q+1. The van der Waals surface area contributed by atoms with E-state index in [0.717, 1.165) is 11.0 Å². The fourth-order valence-corrected chi connectivity index (χ4v) is 1.55. The Hall–Kier alpha value is -0.670. The van der Waals surface area contributed by atoms with E-state index in [2.05, 4.69) is 37.1 Å². The van der Waals surface area contributed by atoms with Gasteiger partial charge in [-0.05, 0) is 15.9 Å². The van der Waals surface area contributed by atoms with E-state index in [9.17, 15) is 4.79 Å². The fraction of sp³-hybridized carbons (Fsp3) is 0.364. The fourth-order valence-electron chi connectivity index (χ4n) is 1.29. The minimum atomic E-state index is -0.0608. The third kappa shape index (κ3) is 3.60. The smallest absolute Gasteiger partial charge is 0.228 e. The van der Waals surface area contributed by atoms with Gasteiger partial charge in [-0.3, -0.25) is 4.79 Å². The van der Waals surface area contributed by atoms with Gasteiger partial charge < -0.3 is 4.48 Å². The molecule has 1 aromatic carbocycles. The van der Waals surface area contributed by atoms with Gasteiger partial charge in [0.25, 0.3) is 0 Å². The monoisotopic (exact) mass is 256 g/mol. The summed E-state index contributed by atoms with van der Waals surface area (Å²) < 4.78 is 0.830. The number of hydrogen-bond acceptors (Lipinski definition) is 1. The highest BCUT2D eigenvalue weighted by atomic mass is 79.9. The maximum atomic E-state index is 11.0. The largest absolute Gasteiger partial charge is 0.327 e. The van der Waals surface area contributed by atoms with Gasteiger partial charge in [-0.1, -0.05) is 24.3 Å². The van der Waals surface area contributed by atoms with Crippen molar-refractivity contribution in [3.05, 3.63) is 35.4 Å². The van der Waals surface area contributed by atoms with Crippen molar-refractivity contribution in [3.8, 4) is 0 Å². The molecular formula is C11H15BrNO+. The van der Waals surface area contributed by atoms with Crippen LogP contribution in [0.15, 0.2) is 24.3 Å². The molecule has 14 heavy (non-hydrogen) atoms. The number of carbonyl (C=O) groups is 1. The molecule has 0 saturated carbocycles. The Kier molecular flexibility index (Phi) is 3.45. The molecule has 76 valence electrons. The summed E-state index contributed by atoms with van der Waals surface area (Å²) >= 11 is 2.93. The predicted molar refractivity (Wildman–Crippen MR) is 61.4 cm³/mol. The van der Waals surface area contributed by atoms with Gasteiger partial charge in [0.15, 0.2) is 0 Å². The Balaban J connectivity index is 2.79. The summed E-state index contributed by atoms with van der Waals surface area (Å²) in [5, 5.41) is 0. The molecule has 0 aromatic heterocycles. The summed E-state index contributed by atoms with van der Waals surface area (Å²) in [4.78, 5) is 11.0. The van der Waals surface area contributed by atoms with Gasteiger partial charge in [0.05, 0.1) is 21.1 Å². The third-order valence-corrected chi connectivity index (χ3v) is 2.30. The number of halogens is 1. The lowest BCUT2D eigenvalue weighted by atomic mass is 10.1. The Morgan fingerprint density at radius 1 is 1.21 bits per heavy atom. The van der Waals surface area contributed by atoms with Crippen LogP contribution in [0.5, 0.6) is 0 Å². The van der Waals surface area contributed by atoms with E-state index < -0.39 is 0 Å². The van der Waals surface area contributed by atoms with E-state index in [4.69, 9.17) is 0 Å². The first-order valence-corrected chi connectivity index (χ1v) is 5.27. The quantitative estimate of drug-likeness (QED) is 0.600. The van der Waals surface area contributed by atoms with Crippen molar-refractivity contribution in [2.45, 2.75) is 6.54 Å². The van der Waals surface area contributed by atoms with Crippen LogP contribution in [0.2, 0.25) is 0 Å². The Bertz CT molecular complexity index is 324. The van der Waals surface area contributed by atoms with E-state index >= 15 is 0 Å². The van der Waals surface area contributed by atoms with Gasteiger partial charge in [-0.15, -0.1) is 0 Å². The molecule has 0 atom stereocenters. The van der Waals surface area contributed by atoms with Crippen molar-refractivity contribution < 1.29 is 9.28 Å². The number of rotatable bonds is 3. The lowest BCUT2D eigenvalue weighted by molar-refractivity contribution is -0.884. The van der Waals surface area contributed by atoms with Gasteiger partial charge in [0.2, 0.25) is 4.69 Å². The highest BCUT2D eigenvalue weighted by molar-refractivity contribution is 9.18. The first-order chi connectivity index (χ1) is 6.38. The van der Waals surface area contributed by atoms with Gasteiger partial charge in [-0.25, -0.2) is 0 Å². The maximum absolute atomic E-state index is 11.0. The molecule has 0 fully saturated rings. The zero-order valence-corrected chi connectivity index (χ0v) is 10.3. The van der Waals surface area contributed by atoms with Crippen molar-refractivity contribution in [1.82, 2.24) is 0 Å². The molecule has 1 rings (SSSR count). The van der Waals surface area contributed by atoms with Crippen LogP contribution in [0.25, 0.3) is 0 Å². The van der Waals surface area contributed by atoms with Crippen molar-refractivity contribution >= 4 is 20.6 Å². The van der Waals surface area contributed by atoms with Crippen molar-refractivity contribution in [1.29, 1.82) is 0 Å². The molecule has 0 radical (unpaired) electrons. The highest BCUT2D eigenvalue weighted by Gasteiger charge is 2.08. The van der Waals surface area contributed by atoms with Crippen LogP contribution in [0, 0.1) is 0 Å². The topological polar surface area (TPSA) is 17.1 Å². The molecule has 3 heteroatoms. The second-order valence-electron chi connectivity index (χ2n) is 4.42. The van der Waals surface area contributed by atoms with Crippen molar-refractivity contribution in [2.75, 3.05) is 21.1 Å². The molecule has 2 nitrogen and oxygen atoms in total. The Labute approximate surface area is 93.3 Å². The predicted octanol–water partition coefficient (Wildman–Crippen LogP) is 2.43. The Morgan fingerprint density at radius 2 is 1.71 bits per heavy atom. The second-order valence-corrected chi connectivity index (χ2v) is 5.14. The number of carbonyl (C=O) groups excluding carboxylic acids is 1. The van der Waals surface area contributed by atoms with Crippen LogP contribution < -0.4 is 0 Å².